The van der Waals surface area contributed by atoms with Gasteiger partial charge in [-0.05, 0) is 47.9 Å². The fourth-order valence-corrected chi connectivity index (χ4v) is 4.43. The van der Waals surface area contributed by atoms with Gasteiger partial charge in [0.25, 0.3) is 0 Å². The van der Waals surface area contributed by atoms with Crippen LogP contribution in [-0.4, -0.2) is 70.2 Å². The minimum atomic E-state index is -0.394. The summed E-state index contributed by atoms with van der Waals surface area (Å²) in [4.78, 5) is 23.7. The van der Waals surface area contributed by atoms with Gasteiger partial charge in [0.05, 0.1) is 0 Å². The molecular weight excluding hydrogens is 397 g/mol. The van der Waals surface area contributed by atoms with Crippen LogP contribution in [0.15, 0.2) is 42.6 Å². The highest BCUT2D eigenvalue weighted by Gasteiger charge is 2.34. The fraction of sp³-hybridized carbons (Fsp3) is 0.304. The monoisotopic (exact) mass is 421 g/mol. The number of benzene rings is 1. The van der Waals surface area contributed by atoms with Crippen LogP contribution in [0, 0.1) is 5.82 Å². The highest BCUT2D eigenvalue weighted by molar-refractivity contribution is 5.96. The summed E-state index contributed by atoms with van der Waals surface area (Å²) in [6.45, 7) is 3.29. The van der Waals surface area contributed by atoms with E-state index < -0.39 is 5.82 Å². The van der Waals surface area contributed by atoms with E-state index in [2.05, 4.69) is 26.3 Å². The molecule has 8 heteroatoms. The normalized spacial score (nSPS) is 17.5. The molecule has 1 fully saturated rings. The summed E-state index contributed by atoms with van der Waals surface area (Å²) >= 11 is 0. The Morgan fingerprint density at radius 2 is 2.10 bits per heavy atom. The van der Waals surface area contributed by atoms with Gasteiger partial charge in [0.15, 0.2) is 0 Å². The molecule has 0 unspecified atom stereocenters. The van der Waals surface area contributed by atoms with Gasteiger partial charge < -0.3 is 20.3 Å². The molecule has 0 radical (unpaired) electrons. The molecule has 0 bridgehead atoms. The van der Waals surface area contributed by atoms with Crippen LogP contribution in [-0.2, 0) is 0 Å². The summed E-state index contributed by atoms with van der Waals surface area (Å²) in [6, 6.07) is 8.16. The van der Waals surface area contributed by atoms with E-state index in [-0.39, 0.29) is 11.8 Å². The van der Waals surface area contributed by atoms with E-state index in [4.69, 9.17) is 0 Å². The van der Waals surface area contributed by atoms with Crippen molar-refractivity contribution >= 4 is 22.6 Å². The molecule has 2 aromatic heterocycles. The SMILES string of the molecule is CNC(=O)N1CC(N2CC=C(c3cc4c(-c5cc(F)ccc5O)ccnc4[nH]3)CC2)C1. The summed E-state index contributed by atoms with van der Waals surface area (Å²) in [5.41, 5.74) is 4.11. The summed E-state index contributed by atoms with van der Waals surface area (Å²) < 4.78 is 13.8. The molecule has 0 atom stereocenters. The standard InChI is InChI=1S/C23H24FN5O2/c1-25-23(31)29-12-16(13-29)28-8-5-14(6-9-28)20-11-19-17(4-7-26-22(19)27-20)18-10-15(24)2-3-21(18)30/h2-5,7,10-11,16,30H,6,8-9,12-13H2,1H3,(H,25,31)(H,26,27). The summed E-state index contributed by atoms with van der Waals surface area (Å²) in [5.74, 6) is -0.356. The molecule has 1 aromatic carbocycles. The van der Waals surface area contributed by atoms with Crippen LogP contribution in [0.2, 0.25) is 0 Å². The zero-order valence-electron chi connectivity index (χ0n) is 17.2. The number of urea groups is 1. The average Bonchev–Trinajstić information content (AvgIpc) is 3.19. The molecule has 1 saturated heterocycles. The Morgan fingerprint density at radius 3 is 2.84 bits per heavy atom. The number of aromatic nitrogens is 2. The van der Waals surface area contributed by atoms with Crippen LogP contribution < -0.4 is 5.32 Å². The van der Waals surface area contributed by atoms with Crippen LogP contribution in [0.5, 0.6) is 5.75 Å². The van der Waals surface area contributed by atoms with Crippen molar-refractivity contribution in [2.24, 2.45) is 0 Å². The van der Waals surface area contributed by atoms with Gasteiger partial charge in [-0.25, -0.2) is 14.2 Å². The number of aromatic amines is 1. The lowest BCUT2D eigenvalue weighted by Crippen LogP contribution is -2.63. The Morgan fingerprint density at radius 1 is 1.26 bits per heavy atom. The first kappa shape index (κ1) is 19.6. The smallest absolute Gasteiger partial charge is 0.317 e. The highest BCUT2D eigenvalue weighted by Crippen LogP contribution is 2.36. The van der Waals surface area contributed by atoms with E-state index in [0.29, 0.717) is 17.3 Å². The zero-order valence-corrected chi connectivity index (χ0v) is 17.2. The third-order valence-electron chi connectivity index (χ3n) is 6.25. The second kappa shape index (κ2) is 7.70. The third-order valence-corrected chi connectivity index (χ3v) is 6.25. The number of likely N-dealkylation sites (tertiary alicyclic amines) is 1. The first-order valence-electron chi connectivity index (χ1n) is 10.4. The van der Waals surface area contributed by atoms with E-state index in [1.165, 1.54) is 23.8 Å². The molecule has 7 nitrogen and oxygen atoms in total. The fourth-order valence-electron chi connectivity index (χ4n) is 4.43. The number of nitrogens with one attached hydrogen (secondary N) is 2. The van der Waals surface area contributed by atoms with E-state index in [0.717, 1.165) is 49.2 Å². The van der Waals surface area contributed by atoms with E-state index in [1.54, 1.807) is 19.3 Å². The number of nitrogens with zero attached hydrogens (tertiary/aromatic N) is 3. The molecule has 3 aromatic rings. The molecule has 160 valence electrons. The van der Waals surface area contributed by atoms with Crippen molar-refractivity contribution in [3.63, 3.8) is 0 Å². The number of phenols is 1. The summed E-state index contributed by atoms with van der Waals surface area (Å²) in [7, 11) is 1.65. The van der Waals surface area contributed by atoms with Gasteiger partial charge in [0, 0.05) is 62.1 Å². The maximum Gasteiger partial charge on any atom is 0.317 e. The molecular formula is C23H24FN5O2. The number of carbonyl (C=O) groups excluding carboxylic acids is 1. The molecule has 2 amide bonds. The van der Waals surface area contributed by atoms with Crippen molar-refractivity contribution in [2.75, 3.05) is 33.2 Å². The third kappa shape index (κ3) is 3.53. The number of hydrogen-bond acceptors (Lipinski definition) is 4. The van der Waals surface area contributed by atoms with Gasteiger partial charge in [0.2, 0.25) is 0 Å². The van der Waals surface area contributed by atoms with Crippen molar-refractivity contribution in [2.45, 2.75) is 12.5 Å². The molecule has 31 heavy (non-hydrogen) atoms. The van der Waals surface area contributed by atoms with Gasteiger partial charge >= 0.3 is 6.03 Å². The minimum Gasteiger partial charge on any atom is -0.507 e. The Bertz CT molecular complexity index is 1180. The Balaban J connectivity index is 1.37. The number of aromatic hydroxyl groups is 1. The number of hydrogen-bond donors (Lipinski definition) is 3. The molecule has 0 aliphatic carbocycles. The molecule has 3 N–H and O–H groups in total. The van der Waals surface area contributed by atoms with E-state index in [1.807, 2.05) is 11.0 Å². The molecule has 4 heterocycles. The van der Waals surface area contributed by atoms with Crippen molar-refractivity contribution in [1.82, 2.24) is 25.1 Å². The predicted octanol–water partition coefficient (Wildman–Crippen LogP) is 3.19. The Hall–Kier alpha value is -3.39. The average molecular weight is 421 g/mol. The number of rotatable bonds is 3. The number of carbonyl (C=O) groups is 1. The maximum absolute atomic E-state index is 13.8. The number of amides is 2. The van der Waals surface area contributed by atoms with Gasteiger partial charge in [-0.15, -0.1) is 0 Å². The minimum absolute atomic E-state index is 0.0183. The number of fused-ring (bicyclic) bond motifs is 1. The topological polar surface area (TPSA) is 84.5 Å². The van der Waals surface area contributed by atoms with Gasteiger partial charge in [-0.1, -0.05) is 6.08 Å². The molecule has 2 aliphatic heterocycles. The van der Waals surface area contributed by atoms with Crippen LogP contribution in [0.4, 0.5) is 9.18 Å². The van der Waals surface area contributed by atoms with Crippen molar-refractivity contribution in [3.8, 4) is 16.9 Å². The van der Waals surface area contributed by atoms with Crippen LogP contribution >= 0.6 is 0 Å². The van der Waals surface area contributed by atoms with Crippen LogP contribution in [0.3, 0.4) is 0 Å². The number of phenolic OH excluding ortho intramolecular Hbond substituents is 1. The lowest BCUT2D eigenvalue weighted by atomic mass is 9.99. The lowest BCUT2D eigenvalue weighted by Gasteiger charge is -2.45. The Labute approximate surface area is 179 Å². The first-order valence-corrected chi connectivity index (χ1v) is 10.4. The summed E-state index contributed by atoms with van der Waals surface area (Å²) in [5, 5.41) is 13.8. The molecule has 5 rings (SSSR count). The predicted molar refractivity (Wildman–Crippen MR) is 117 cm³/mol. The maximum atomic E-state index is 13.8. The number of halogens is 1. The van der Waals surface area contributed by atoms with E-state index in [9.17, 15) is 14.3 Å². The van der Waals surface area contributed by atoms with Gasteiger partial charge in [0.1, 0.15) is 17.2 Å². The molecule has 0 saturated carbocycles. The first-order chi connectivity index (χ1) is 15.0. The zero-order chi connectivity index (χ0) is 21.5. The Kier molecular flexibility index (Phi) is 4.86. The van der Waals surface area contributed by atoms with Gasteiger partial charge in [-0.3, -0.25) is 4.90 Å². The molecule has 0 spiro atoms. The molecule has 2 aliphatic rings. The van der Waals surface area contributed by atoms with Crippen LogP contribution in [0.1, 0.15) is 12.1 Å². The second-order valence-corrected chi connectivity index (χ2v) is 8.05. The largest absolute Gasteiger partial charge is 0.507 e. The van der Waals surface area contributed by atoms with Crippen LogP contribution in [0.25, 0.3) is 27.7 Å². The van der Waals surface area contributed by atoms with Crippen molar-refractivity contribution in [3.05, 3.63) is 54.1 Å². The number of H-pyrrole nitrogens is 1. The summed E-state index contributed by atoms with van der Waals surface area (Å²) in [6.07, 6.45) is 4.77. The van der Waals surface area contributed by atoms with E-state index >= 15 is 0 Å². The number of pyridine rings is 1. The quantitative estimate of drug-likeness (QED) is 0.607. The second-order valence-electron chi connectivity index (χ2n) is 8.05. The van der Waals surface area contributed by atoms with Crippen molar-refractivity contribution < 1.29 is 14.3 Å². The highest BCUT2D eigenvalue weighted by atomic mass is 19.1. The van der Waals surface area contributed by atoms with Crippen molar-refractivity contribution in [1.29, 1.82) is 0 Å². The van der Waals surface area contributed by atoms with Gasteiger partial charge in [-0.2, -0.15) is 0 Å². The lowest BCUT2D eigenvalue weighted by molar-refractivity contribution is 0.0641.